The highest BCUT2D eigenvalue weighted by Gasteiger charge is 2.30. The lowest BCUT2D eigenvalue weighted by Crippen LogP contribution is -2.36. The fourth-order valence-corrected chi connectivity index (χ4v) is 2.26. The number of nitrogens with two attached hydrogens (primary N) is 1. The minimum atomic E-state index is -0.499. The molecule has 0 radical (unpaired) electrons. The van der Waals surface area contributed by atoms with Gasteiger partial charge in [0.2, 0.25) is 0 Å². The van der Waals surface area contributed by atoms with Gasteiger partial charge in [0.15, 0.2) is 6.10 Å². The molecule has 2 atom stereocenters. The first-order chi connectivity index (χ1) is 8.72. The van der Waals surface area contributed by atoms with E-state index in [2.05, 4.69) is 0 Å². The number of nitrogens with zero attached hydrogens (tertiary/aromatic N) is 1. The summed E-state index contributed by atoms with van der Waals surface area (Å²) in [5.74, 6) is 0.0241. The molecule has 18 heavy (non-hydrogen) atoms. The third-order valence-corrected chi connectivity index (χ3v) is 3.20. The molecule has 1 aromatic carbocycles. The second-order valence-electron chi connectivity index (χ2n) is 4.58. The first kappa shape index (κ1) is 13.1. The predicted octanol–water partition coefficient (Wildman–Crippen LogP) is 1.32. The summed E-state index contributed by atoms with van der Waals surface area (Å²) in [7, 11) is 0. The number of hydrogen-bond donors (Lipinski definition) is 1. The average Bonchev–Trinajstić information content (AvgIpc) is 2.83. The lowest BCUT2D eigenvalue weighted by Gasteiger charge is -2.23. The first-order valence-corrected chi connectivity index (χ1v) is 6.43. The van der Waals surface area contributed by atoms with Gasteiger partial charge < -0.3 is 15.4 Å². The molecule has 0 bridgehead atoms. The Hall–Kier alpha value is -1.39. The van der Waals surface area contributed by atoms with E-state index >= 15 is 0 Å². The largest absolute Gasteiger partial charge is 0.364 e. The predicted molar refractivity (Wildman–Crippen MR) is 70.0 cm³/mol. The Morgan fingerprint density at radius 2 is 2.22 bits per heavy atom. The van der Waals surface area contributed by atoms with Crippen LogP contribution in [0.1, 0.15) is 25.0 Å². The molecular weight excluding hydrogens is 228 g/mol. The van der Waals surface area contributed by atoms with Crippen molar-refractivity contribution in [2.45, 2.75) is 25.5 Å². The highest BCUT2D eigenvalue weighted by atomic mass is 16.5. The van der Waals surface area contributed by atoms with Gasteiger partial charge in [-0.05, 0) is 18.9 Å². The molecule has 0 aromatic heterocycles. The average molecular weight is 248 g/mol. The van der Waals surface area contributed by atoms with Gasteiger partial charge in [-0.15, -0.1) is 0 Å². The van der Waals surface area contributed by atoms with Crippen molar-refractivity contribution in [1.29, 1.82) is 0 Å². The van der Waals surface area contributed by atoms with Gasteiger partial charge in [-0.3, -0.25) is 4.79 Å². The number of benzene rings is 1. The Balaban J connectivity index is 2.12. The van der Waals surface area contributed by atoms with Crippen molar-refractivity contribution in [3.8, 4) is 0 Å². The van der Waals surface area contributed by atoms with Gasteiger partial charge in [-0.1, -0.05) is 30.3 Å². The molecule has 0 saturated carbocycles. The van der Waals surface area contributed by atoms with Gasteiger partial charge in [-0.2, -0.15) is 0 Å². The number of carbonyl (C=O) groups excluding carboxylic acids is 1. The minimum absolute atomic E-state index is 0.0241. The monoisotopic (exact) mass is 248 g/mol. The normalized spacial score (nSPS) is 21.0. The van der Waals surface area contributed by atoms with Crippen molar-refractivity contribution in [2.75, 3.05) is 19.7 Å². The van der Waals surface area contributed by atoms with Crippen LogP contribution in [-0.4, -0.2) is 36.5 Å². The Morgan fingerprint density at radius 1 is 1.50 bits per heavy atom. The molecule has 0 spiro atoms. The van der Waals surface area contributed by atoms with Crippen molar-refractivity contribution in [3.05, 3.63) is 35.9 Å². The van der Waals surface area contributed by atoms with Gasteiger partial charge in [-0.25, -0.2) is 0 Å². The second-order valence-corrected chi connectivity index (χ2v) is 4.58. The molecular formula is C14H20N2O2. The molecule has 1 aromatic rings. The standard InChI is InChI=1S/C14H20N2O2/c1-2-18-13(11-6-4-3-5-7-11)14(17)16-9-8-12(15)10-16/h3-7,12-13H,2,8-10,15H2,1H3/t12-,13-/m0/s1. The molecule has 1 aliphatic heterocycles. The summed E-state index contributed by atoms with van der Waals surface area (Å²) in [6.07, 6.45) is 0.376. The van der Waals surface area contributed by atoms with E-state index in [1.165, 1.54) is 0 Å². The van der Waals surface area contributed by atoms with Gasteiger partial charge in [0.05, 0.1) is 0 Å². The summed E-state index contributed by atoms with van der Waals surface area (Å²) >= 11 is 0. The third kappa shape index (κ3) is 2.89. The number of hydrogen-bond acceptors (Lipinski definition) is 3. The highest BCUT2D eigenvalue weighted by molar-refractivity contribution is 5.82. The van der Waals surface area contributed by atoms with Crippen LogP contribution in [0.3, 0.4) is 0 Å². The Labute approximate surface area is 108 Å². The van der Waals surface area contributed by atoms with Crippen molar-refractivity contribution in [1.82, 2.24) is 4.90 Å². The summed E-state index contributed by atoms with van der Waals surface area (Å²) in [6.45, 7) is 3.79. The van der Waals surface area contributed by atoms with Crippen LogP contribution in [0.25, 0.3) is 0 Å². The Kier molecular flexibility index (Phi) is 4.33. The van der Waals surface area contributed by atoms with E-state index in [0.29, 0.717) is 13.2 Å². The van der Waals surface area contributed by atoms with Crippen LogP contribution in [0, 0.1) is 0 Å². The van der Waals surface area contributed by atoms with E-state index in [4.69, 9.17) is 10.5 Å². The zero-order valence-electron chi connectivity index (χ0n) is 10.7. The smallest absolute Gasteiger partial charge is 0.256 e. The van der Waals surface area contributed by atoms with Gasteiger partial charge in [0.25, 0.3) is 5.91 Å². The molecule has 1 heterocycles. The van der Waals surface area contributed by atoms with Crippen LogP contribution in [0.2, 0.25) is 0 Å². The highest BCUT2D eigenvalue weighted by Crippen LogP contribution is 2.22. The van der Waals surface area contributed by atoms with Crippen LogP contribution >= 0.6 is 0 Å². The van der Waals surface area contributed by atoms with Crippen molar-refractivity contribution < 1.29 is 9.53 Å². The number of rotatable bonds is 4. The quantitative estimate of drug-likeness (QED) is 0.874. The van der Waals surface area contributed by atoms with Gasteiger partial charge in [0, 0.05) is 25.7 Å². The topological polar surface area (TPSA) is 55.6 Å². The van der Waals surface area contributed by atoms with E-state index in [-0.39, 0.29) is 11.9 Å². The lowest BCUT2D eigenvalue weighted by atomic mass is 10.1. The molecule has 0 unspecified atom stereocenters. The van der Waals surface area contributed by atoms with Gasteiger partial charge >= 0.3 is 0 Å². The Bertz CT molecular complexity index is 394. The maximum atomic E-state index is 12.4. The van der Waals surface area contributed by atoms with E-state index in [9.17, 15) is 4.79 Å². The van der Waals surface area contributed by atoms with Crippen LogP contribution in [0.4, 0.5) is 0 Å². The molecule has 4 heteroatoms. The molecule has 98 valence electrons. The molecule has 2 rings (SSSR count). The fraction of sp³-hybridized carbons (Fsp3) is 0.500. The van der Waals surface area contributed by atoms with Crippen LogP contribution < -0.4 is 5.73 Å². The van der Waals surface area contributed by atoms with E-state index in [0.717, 1.165) is 18.5 Å². The van der Waals surface area contributed by atoms with E-state index in [1.54, 1.807) is 4.90 Å². The molecule has 1 saturated heterocycles. The van der Waals surface area contributed by atoms with Crippen LogP contribution in [-0.2, 0) is 9.53 Å². The number of likely N-dealkylation sites (tertiary alicyclic amines) is 1. The molecule has 0 aliphatic carbocycles. The third-order valence-electron chi connectivity index (χ3n) is 3.20. The summed E-state index contributed by atoms with van der Waals surface area (Å²) in [6, 6.07) is 9.73. The number of carbonyl (C=O) groups is 1. The summed E-state index contributed by atoms with van der Waals surface area (Å²) in [5.41, 5.74) is 6.75. The molecule has 1 aliphatic rings. The second kappa shape index (κ2) is 5.98. The van der Waals surface area contributed by atoms with Crippen LogP contribution in [0.5, 0.6) is 0 Å². The van der Waals surface area contributed by atoms with Gasteiger partial charge in [0.1, 0.15) is 0 Å². The summed E-state index contributed by atoms with van der Waals surface area (Å²) < 4.78 is 5.61. The summed E-state index contributed by atoms with van der Waals surface area (Å²) in [4.78, 5) is 14.2. The zero-order valence-corrected chi connectivity index (χ0v) is 10.7. The molecule has 2 N–H and O–H groups in total. The molecule has 1 amide bonds. The molecule has 1 fully saturated rings. The van der Waals surface area contributed by atoms with E-state index < -0.39 is 6.10 Å². The first-order valence-electron chi connectivity index (χ1n) is 6.43. The maximum absolute atomic E-state index is 12.4. The number of ether oxygens (including phenoxy) is 1. The minimum Gasteiger partial charge on any atom is -0.364 e. The van der Waals surface area contributed by atoms with Crippen LogP contribution in [0.15, 0.2) is 30.3 Å². The van der Waals surface area contributed by atoms with Crippen molar-refractivity contribution >= 4 is 5.91 Å². The SMILES string of the molecule is CCO[C@H](C(=O)N1CC[C@H](N)C1)c1ccccc1. The van der Waals surface area contributed by atoms with Crippen molar-refractivity contribution in [2.24, 2.45) is 5.73 Å². The fourth-order valence-electron chi connectivity index (χ4n) is 2.26. The maximum Gasteiger partial charge on any atom is 0.256 e. The zero-order chi connectivity index (χ0) is 13.0. The Morgan fingerprint density at radius 3 is 2.78 bits per heavy atom. The van der Waals surface area contributed by atoms with E-state index in [1.807, 2.05) is 37.3 Å². The van der Waals surface area contributed by atoms with Crippen molar-refractivity contribution in [3.63, 3.8) is 0 Å². The number of amides is 1. The molecule has 4 nitrogen and oxygen atoms in total. The lowest BCUT2D eigenvalue weighted by molar-refractivity contribution is -0.142. The summed E-state index contributed by atoms with van der Waals surface area (Å²) in [5, 5.41) is 0.